The first kappa shape index (κ1) is 22.4. The molecule has 3 aromatic rings. The van der Waals surface area contributed by atoms with Gasteiger partial charge in [-0.2, -0.15) is 4.98 Å². The van der Waals surface area contributed by atoms with Gasteiger partial charge in [0.05, 0.1) is 20.3 Å². The number of nitrogens with one attached hydrogen (secondary N) is 1. The van der Waals surface area contributed by atoms with Crippen molar-refractivity contribution in [2.45, 2.75) is 20.4 Å². The third-order valence-corrected chi connectivity index (χ3v) is 6.59. The summed E-state index contributed by atoms with van der Waals surface area (Å²) in [5.74, 6) is 1.21. The van der Waals surface area contributed by atoms with Crippen LogP contribution in [0.1, 0.15) is 19.4 Å². The van der Waals surface area contributed by atoms with Crippen LogP contribution in [0.5, 0.6) is 5.75 Å². The summed E-state index contributed by atoms with van der Waals surface area (Å²) in [5, 5.41) is 3.75. The first-order chi connectivity index (χ1) is 14.5. The van der Waals surface area contributed by atoms with E-state index in [1.54, 1.807) is 51.3 Å². The van der Waals surface area contributed by atoms with Crippen LogP contribution in [0.25, 0.3) is 11.5 Å². The lowest BCUT2D eigenvalue weighted by Gasteiger charge is -2.15. The first-order valence-electron chi connectivity index (χ1n) is 9.53. The maximum atomic E-state index is 13.4. The zero-order valence-corrected chi connectivity index (χ0v) is 18.7. The topological polar surface area (TPSA) is 82.8 Å². The highest BCUT2D eigenvalue weighted by molar-refractivity contribution is 7.62. The van der Waals surface area contributed by atoms with E-state index >= 15 is 0 Å². The Bertz CT molecular complexity index is 1010. The Kier molecular flexibility index (Phi) is 7.56. The molecule has 0 bridgehead atoms. The van der Waals surface area contributed by atoms with Gasteiger partial charge in [-0.15, -0.1) is 0 Å². The number of rotatable bonds is 10. The van der Waals surface area contributed by atoms with Crippen LogP contribution in [0.15, 0.2) is 52.9 Å². The van der Waals surface area contributed by atoms with Gasteiger partial charge in [0.25, 0.3) is 0 Å². The van der Waals surface area contributed by atoms with E-state index in [9.17, 15) is 4.57 Å². The van der Waals surface area contributed by atoms with E-state index in [0.29, 0.717) is 22.9 Å². The van der Waals surface area contributed by atoms with Gasteiger partial charge in [-0.05, 0) is 49.7 Å². The van der Waals surface area contributed by atoms with Gasteiger partial charge >= 0.3 is 7.60 Å². The molecule has 0 radical (unpaired) electrons. The highest BCUT2D eigenvalue weighted by Crippen LogP contribution is 2.49. The minimum Gasteiger partial charge on any atom is -0.497 e. The fourth-order valence-electron chi connectivity index (χ4n) is 2.79. The van der Waals surface area contributed by atoms with Crippen molar-refractivity contribution in [1.29, 1.82) is 0 Å². The maximum absolute atomic E-state index is 13.4. The molecule has 0 saturated heterocycles. The zero-order valence-electron chi connectivity index (χ0n) is 17.1. The van der Waals surface area contributed by atoms with Crippen LogP contribution in [-0.2, 0) is 20.2 Å². The van der Waals surface area contributed by atoms with Gasteiger partial charge in [0.1, 0.15) is 5.75 Å². The zero-order chi connectivity index (χ0) is 21.6. The van der Waals surface area contributed by atoms with Gasteiger partial charge in [0.2, 0.25) is 17.2 Å². The summed E-state index contributed by atoms with van der Waals surface area (Å²) in [6, 6.07) is 14.6. The maximum Gasteiger partial charge on any atom is 0.385 e. The molecule has 7 nitrogen and oxygen atoms in total. The Labute approximate surface area is 180 Å². The lowest BCUT2D eigenvalue weighted by molar-refractivity contribution is 0.229. The molecular formula is C21H24ClN2O5P. The molecule has 1 aromatic heterocycles. The molecule has 0 amide bonds. The van der Waals surface area contributed by atoms with Crippen LogP contribution >= 0.6 is 19.2 Å². The lowest BCUT2D eigenvalue weighted by atomic mass is 10.2. The average molecular weight is 451 g/mol. The molecule has 0 aliphatic rings. The molecule has 0 fully saturated rings. The Balaban J connectivity index is 2.00. The molecule has 0 saturated carbocycles. The van der Waals surface area contributed by atoms with E-state index < -0.39 is 7.60 Å². The van der Waals surface area contributed by atoms with Crippen molar-refractivity contribution in [3.8, 4) is 17.2 Å². The molecule has 3 rings (SSSR count). The molecular weight excluding hydrogens is 427 g/mol. The normalized spacial score (nSPS) is 11.5. The van der Waals surface area contributed by atoms with Crippen molar-refractivity contribution in [3.05, 3.63) is 59.1 Å². The third-order valence-electron chi connectivity index (χ3n) is 4.20. The van der Waals surface area contributed by atoms with Gasteiger partial charge in [0, 0.05) is 17.1 Å². The second-order valence-corrected chi connectivity index (χ2v) is 8.52. The second kappa shape index (κ2) is 10.1. The summed E-state index contributed by atoms with van der Waals surface area (Å²) < 4.78 is 35.5. The van der Waals surface area contributed by atoms with Gasteiger partial charge < -0.3 is 23.5 Å². The standard InChI is InChI=1S/C21H24ClN2O5P/c1-4-27-30(25,28-5-2)21-20(23-14-16-8-6-7-9-18(16)22)29-19(24-21)15-10-12-17(26-3)13-11-15/h6-13,23H,4-5,14H2,1-3H3. The summed E-state index contributed by atoms with van der Waals surface area (Å²) in [7, 11) is -2.09. The third kappa shape index (κ3) is 5.05. The molecule has 0 atom stereocenters. The minimum absolute atomic E-state index is 0.101. The monoisotopic (exact) mass is 450 g/mol. The molecule has 160 valence electrons. The number of aromatic nitrogens is 1. The van der Waals surface area contributed by atoms with Gasteiger partial charge in [0.15, 0.2) is 0 Å². The van der Waals surface area contributed by atoms with Gasteiger partial charge in [-0.3, -0.25) is 4.57 Å². The van der Waals surface area contributed by atoms with Gasteiger partial charge in [-0.1, -0.05) is 29.8 Å². The van der Waals surface area contributed by atoms with Gasteiger partial charge in [-0.25, -0.2) is 0 Å². The molecule has 1 N–H and O–H groups in total. The molecule has 30 heavy (non-hydrogen) atoms. The second-order valence-electron chi connectivity index (χ2n) is 6.18. The summed E-state index contributed by atoms with van der Waals surface area (Å²) in [6.07, 6.45) is 0. The Morgan fingerprint density at radius 3 is 2.33 bits per heavy atom. The number of hydrogen-bond acceptors (Lipinski definition) is 7. The number of anilines is 1. The Morgan fingerprint density at radius 1 is 1.07 bits per heavy atom. The van der Waals surface area contributed by atoms with Crippen molar-refractivity contribution in [2.24, 2.45) is 0 Å². The van der Waals surface area contributed by atoms with Crippen LogP contribution < -0.4 is 15.5 Å². The average Bonchev–Trinajstić information content (AvgIpc) is 3.19. The fraction of sp³-hybridized carbons (Fsp3) is 0.286. The summed E-state index contributed by atoms with van der Waals surface area (Å²) in [6.45, 7) is 4.24. The van der Waals surface area contributed by atoms with Crippen LogP contribution in [-0.4, -0.2) is 25.3 Å². The number of nitrogens with zero attached hydrogens (tertiary/aromatic N) is 1. The molecule has 9 heteroatoms. The largest absolute Gasteiger partial charge is 0.497 e. The Hall–Kier alpha value is -2.31. The molecule has 0 aliphatic carbocycles. The predicted molar refractivity (Wildman–Crippen MR) is 118 cm³/mol. The number of benzene rings is 2. The molecule has 0 spiro atoms. The quantitative estimate of drug-likeness (QED) is 0.408. The van der Waals surface area contributed by atoms with Crippen molar-refractivity contribution in [2.75, 3.05) is 25.6 Å². The number of ether oxygens (including phenoxy) is 1. The molecule has 0 unspecified atom stereocenters. The Morgan fingerprint density at radius 2 is 1.73 bits per heavy atom. The number of halogens is 1. The van der Waals surface area contributed by atoms with E-state index in [1.165, 1.54) is 0 Å². The number of hydrogen-bond donors (Lipinski definition) is 1. The van der Waals surface area contributed by atoms with Crippen LogP contribution in [0, 0.1) is 0 Å². The predicted octanol–water partition coefficient (Wildman–Crippen LogP) is 5.51. The lowest BCUT2D eigenvalue weighted by Crippen LogP contribution is -2.16. The highest BCUT2D eigenvalue weighted by Gasteiger charge is 2.35. The number of methoxy groups -OCH3 is 1. The van der Waals surface area contributed by atoms with Crippen LogP contribution in [0.4, 0.5) is 5.88 Å². The van der Waals surface area contributed by atoms with E-state index in [0.717, 1.165) is 5.56 Å². The van der Waals surface area contributed by atoms with Crippen molar-refractivity contribution in [1.82, 2.24) is 4.98 Å². The number of oxazole rings is 1. The SMILES string of the molecule is CCOP(=O)(OCC)c1nc(-c2ccc(OC)cc2)oc1NCc1ccccc1Cl. The highest BCUT2D eigenvalue weighted by atomic mass is 35.5. The van der Waals surface area contributed by atoms with Crippen molar-refractivity contribution < 1.29 is 22.8 Å². The van der Waals surface area contributed by atoms with E-state index in [1.807, 2.05) is 18.2 Å². The first-order valence-corrected chi connectivity index (χ1v) is 11.4. The molecule has 2 aromatic carbocycles. The van der Waals surface area contributed by atoms with Crippen molar-refractivity contribution >= 4 is 30.5 Å². The molecule has 1 heterocycles. The summed E-state index contributed by atoms with van der Waals surface area (Å²) in [4.78, 5) is 4.46. The summed E-state index contributed by atoms with van der Waals surface area (Å²) in [5.41, 5.74) is 1.65. The van der Waals surface area contributed by atoms with E-state index in [-0.39, 0.29) is 30.4 Å². The smallest absolute Gasteiger partial charge is 0.385 e. The summed E-state index contributed by atoms with van der Waals surface area (Å²) >= 11 is 6.25. The van der Waals surface area contributed by atoms with Crippen LogP contribution in [0.3, 0.4) is 0 Å². The van der Waals surface area contributed by atoms with E-state index in [4.69, 9.17) is 29.8 Å². The fourth-order valence-corrected chi connectivity index (χ4v) is 4.57. The van der Waals surface area contributed by atoms with Crippen LogP contribution in [0.2, 0.25) is 5.02 Å². The minimum atomic E-state index is -3.68. The van der Waals surface area contributed by atoms with Crippen molar-refractivity contribution in [3.63, 3.8) is 0 Å². The van der Waals surface area contributed by atoms with E-state index in [2.05, 4.69) is 10.3 Å². The molecule has 0 aliphatic heterocycles.